The van der Waals surface area contributed by atoms with Crippen LogP contribution in [0.1, 0.15) is 29.2 Å². The van der Waals surface area contributed by atoms with Gasteiger partial charge in [-0.15, -0.1) is 0 Å². The Hall–Kier alpha value is -2.06. The Bertz CT molecular complexity index is 826. The molecule has 0 N–H and O–H groups in total. The molecular weight excluding hydrogens is 328 g/mol. The van der Waals surface area contributed by atoms with Crippen LogP contribution in [0.2, 0.25) is 0 Å². The minimum Gasteiger partial charge on any atom is -0.337 e. The number of imidazole rings is 1. The number of sulfonamides is 1. The van der Waals surface area contributed by atoms with Gasteiger partial charge in [0, 0.05) is 38.4 Å². The molecule has 2 aromatic heterocycles. The number of carbonyl (C=O) groups excluding carboxylic acids is 1. The Balaban J connectivity index is 1.81. The molecule has 0 amide bonds. The second-order valence-corrected chi connectivity index (χ2v) is 7.90. The topological polar surface area (TPSA) is 85.2 Å². The molecule has 1 unspecified atom stereocenters. The number of ketones is 1. The van der Waals surface area contributed by atoms with Crippen molar-refractivity contribution in [3.8, 4) is 0 Å². The Morgan fingerprint density at radius 2 is 2.12 bits per heavy atom. The van der Waals surface area contributed by atoms with Crippen molar-refractivity contribution in [3.63, 3.8) is 0 Å². The van der Waals surface area contributed by atoms with E-state index in [0.29, 0.717) is 30.9 Å². The summed E-state index contributed by atoms with van der Waals surface area (Å²) in [4.78, 5) is 20.8. The molecule has 24 heavy (non-hydrogen) atoms. The van der Waals surface area contributed by atoms with Crippen molar-refractivity contribution in [3.05, 3.63) is 42.1 Å². The van der Waals surface area contributed by atoms with Crippen molar-refractivity contribution in [1.29, 1.82) is 0 Å². The predicted octanol–water partition coefficient (Wildman–Crippen LogP) is 1.41. The highest BCUT2D eigenvalue weighted by Crippen LogP contribution is 2.25. The van der Waals surface area contributed by atoms with Crippen LogP contribution in [0.5, 0.6) is 0 Å². The summed E-state index contributed by atoms with van der Waals surface area (Å²) in [7, 11) is -1.93. The lowest BCUT2D eigenvalue weighted by Gasteiger charge is -2.30. The number of piperidine rings is 1. The van der Waals surface area contributed by atoms with Crippen molar-refractivity contribution in [1.82, 2.24) is 18.8 Å². The molecule has 1 fully saturated rings. The second-order valence-electron chi connectivity index (χ2n) is 6.02. The highest BCUT2D eigenvalue weighted by atomic mass is 32.2. The number of Topliss-reactive ketones (excluding diaryl/α,β-unsaturated/α-hetero) is 1. The van der Waals surface area contributed by atoms with Crippen LogP contribution in [0.25, 0.3) is 0 Å². The molecule has 8 heteroatoms. The van der Waals surface area contributed by atoms with Gasteiger partial charge in [0.15, 0.2) is 10.8 Å². The van der Waals surface area contributed by atoms with Crippen LogP contribution < -0.4 is 0 Å². The average molecular weight is 348 g/mol. The first-order valence-electron chi connectivity index (χ1n) is 7.85. The summed E-state index contributed by atoms with van der Waals surface area (Å²) in [5, 5.41) is 0.0356. The van der Waals surface area contributed by atoms with Crippen molar-refractivity contribution in [2.24, 2.45) is 13.0 Å². The molecule has 0 bridgehead atoms. The first-order chi connectivity index (χ1) is 11.4. The van der Waals surface area contributed by atoms with Gasteiger partial charge >= 0.3 is 0 Å². The lowest BCUT2D eigenvalue weighted by molar-refractivity contribution is 0.0867. The molecule has 1 saturated heterocycles. The standard InChI is InChI=1S/C16H20N4O3S/c1-12-18-15(11-19(12)2)24(22,23)20-9-5-6-13(10-20)16(21)14-7-3-4-8-17-14/h3-4,7-8,11,13H,5-6,9-10H2,1-2H3. The van der Waals surface area contributed by atoms with E-state index in [4.69, 9.17) is 0 Å². The van der Waals surface area contributed by atoms with E-state index in [9.17, 15) is 13.2 Å². The summed E-state index contributed by atoms with van der Waals surface area (Å²) in [6.07, 6.45) is 4.40. The molecule has 0 spiro atoms. The van der Waals surface area contributed by atoms with Gasteiger partial charge in [0.1, 0.15) is 11.5 Å². The van der Waals surface area contributed by atoms with Gasteiger partial charge in [0.25, 0.3) is 10.0 Å². The van der Waals surface area contributed by atoms with E-state index in [1.54, 1.807) is 42.9 Å². The van der Waals surface area contributed by atoms with Crippen LogP contribution in [0.15, 0.2) is 35.6 Å². The SMILES string of the molecule is Cc1nc(S(=O)(=O)N2CCCC(C(=O)c3ccccn3)C2)cn1C. The largest absolute Gasteiger partial charge is 0.337 e. The van der Waals surface area contributed by atoms with Crippen molar-refractivity contribution < 1.29 is 13.2 Å². The van der Waals surface area contributed by atoms with Crippen LogP contribution in [-0.2, 0) is 17.1 Å². The number of aryl methyl sites for hydroxylation is 2. The van der Waals surface area contributed by atoms with Crippen molar-refractivity contribution in [2.45, 2.75) is 24.8 Å². The van der Waals surface area contributed by atoms with Crippen LogP contribution in [-0.4, -0.2) is 46.1 Å². The molecule has 0 saturated carbocycles. The Labute approximate surface area is 141 Å². The number of rotatable bonds is 4. The highest BCUT2D eigenvalue weighted by molar-refractivity contribution is 7.89. The molecule has 3 heterocycles. The summed E-state index contributed by atoms with van der Waals surface area (Å²) in [5.74, 6) is 0.160. The molecule has 2 aromatic rings. The number of aromatic nitrogens is 3. The van der Waals surface area contributed by atoms with Gasteiger partial charge in [0.2, 0.25) is 0 Å². The molecule has 3 rings (SSSR count). The lowest BCUT2D eigenvalue weighted by Crippen LogP contribution is -2.42. The maximum atomic E-state index is 12.8. The first-order valence-corrected chi connectivity index (χ1v) is 9.29. The quantitative estimate of drug-likeness (QED) is 0.780. The lowest BCUT2D eigenvalue weighted by atomic mass is 9.93. The van der Waals surface area contributed by atoms with Gasteiger partial charge in [-0.3, -0.25) is 9.78 Å². The molecule has 128 valence electrons. The fraction of sp³-hybridized carbons (Fsp3) is 0.438. The van der Waals surface area contributed by atoms with E-state index in [1.165, 1.54) is 10.5 Å². The minimum absolute atomic E-state index is 0.0356. The van der Waals surface area contributed by atoms with Crippen LogP contribution >= 0.6 is 0 Å². The first kappa shape index (κ1) is 16.8. The molecule has 1 atom stereocenters. The summed E-state index contributed by atoms with van der Waals surface area (Å²) < 4.78 is 28.6. The molecule has 7 nitrogen and oxygen atoms in total. The third-order valence-corrected chi connectivity index (χ3v) is 6.10. The van der Waals surface area contributed by atoms with Crippen molar-refractivity contribution >= 4 is 15.8 Å². The molecule has 0 aromatic carbocycles. The number of hydrogen-bond acceptors (Lipinski definition) is 5. The monoisotopic (exact) mass is 348 g/mol. The van der Waals surface area contributed by atoms with Gasteiger partial charge < -0.3 is 4.57 Å². The van der Waals surface area contributed by atoms with Gasteiger partial charge in [-0.05, 0) is 31.9 Å². The summed E-state index contributed by atoms with van der Waals surface area (Å²) in [5.41, 5.74) is 0.385. The number of pyridine rings is 1. The fourth-order valence-corrected chi connectivity index (χ4v) is 4.42. The zero-order valence-corrected chi connectivity index (χ0v) is 14.5. The summed E-state index contributed by atoms with van der Waals surface area (Å²) in [6.45, 7) is 2.33. The van der Waals surface area contributed by atoms with Crippen molar-refractivity contribution in [2.75, 3.05) is 13.1 Å². The fourth-order valence-electron chi connectivity index (χ4n) is 2.88. The van der Waals surface area contributed by atoms with E-state index in [1.807, 2.05) is 0 Å². The number of hydrogen-bond donors (Lipinski definition) is 0. The van der Waals surface area contributed by atoms with Crippen LogP contribution in [0, 0.1) is 12.8 Å². The zero-order valence-electron chi connectivity index (χ0n) is 13.7. The van der Waals surface area contributed by atoms with Gasteiger partial charge in [-0.25, -0.2) is 13.4 Å². The van der Waals surface area contributed by atoms with E-state index in [2.05, 4.69) is 9.97 Å². The molecule has 1 aliphatic heterocycles. The number of nitrogens with zero attached hydrogens (tertiary/aromatic N) is 4. The van der Waals surface area contributed by atoms with Crippen LogP contribution in [0.4, 0.5) is 0 Å². The smallest absolute Gasteiger partial charge is 0.262 e. The Morgan fingerprint density at radius 1 is 1.33 bits per heavy atom. The van der Waals surface area contributed by atoms with Gasteiger partial charge in [-0.2, -0.15) is 4.31 Å². The normalized spacial score (nSPS) is 19.3. The van der Waals surface area contributed by atoms with Gasteiger partial charge in [0.05, 0.1) is 0 Å². The van der Waals surface area contributed by atoms with E-state index >= 15 is 0 Å². The number of carbonyl (C=O) groups is 1. The Morgan fingerprint density at radius 3 is 2.75 bits per heavy atom. The molecule has 1 aliphatic rings. The molecular formula is C16H20N4O3S. The molecule has 0 radical (unpaired) electrons. The Kier molecular flexibility index (Phi) is 4.51. The average Bonchev–Trinajstić information content (AvgIpc) is 2.95. The van der Waals surface area contributed by atoms with E-state index < -0.39 is 10.0 Å². The van der Waals surface area contributed by atoms with Gasteiger partial charge in [-0.1, -0.05) is 6.07 Å². The second kappa shape index (κ2) is 6.45. The maximum Gasteiger partial charge on any atom is 0.262 e. The summed E-state index contributed by atoms with van der Waals surface area (Å²) >= 11 is 0. The third-order valence-electron chi connectivity index (χ3n) is 4.36. The summed E-state index contributed by atoms with van der Waals surface area (Å²) in [6, 6.07) is 5.17. The predicted molar refractivity (Wildman–Crippen MR) is 88.0 cm³/mol. The molecule has 0 aliphatic carbocycles. The minimum atomic E-state index is -3.68. The van der Waals surface area contributed by atoms with E-state index in [-0.39, 0.29) is 23.3 Å². The van der Waals surface area contributed by atoms with E-state index in [0.717, 1.165) is 0 Å². The zero-order chi connectivity index (χ0) is 17.3. The third kappa shape index (κ3) is 3.11. The highest BCUT2D eigenvalue weighted by Gasteiger charge is 2.35. The maximum absolute atomic E-state index is 12.8. The van der Waals surface area contributed by atoms with Crippen LogP contribution in [0.3, 0.4) is 0 Å².